The van der Waals surface area contributed by atoms with E-state index in [4.69, 9.17) is 0 Å². The van der Waals surface area contributed by atoms with Crippen molar-refractivity contribution < 1.29 is 0 Å². The molecular formula is C17H35N. The highest BCUT2D eigenvalue weighted by Gasteiger charge is 1.93. The largest absolute Gasteiger partial charge is 0.312 e. The van der Waals surface area contributed by atoms with Crippen molar-refractivity contribution in [3.05, 3.63) is 13.5 Å². The van der Waals surface area contributed by atoms with E-state index in [1.54, 1.807) is 0 Å². The summed E-state index contributed by atoms with van der Waals surface area (Å²) in [6.07, 6.45) is 18.0. The van der Waals surface area contributed by atoms with E-state index < -0.39 is 0 Å². The summed E-state index contributed by atoms with van der Waals surface area (Å²) < 4.78 is 0. The van der Waals surface area contributed by atoms with E-state index in [9.17, 15) is 0 Å². The third kappa shape index (κ3) is 16.0. The lowest BCUT2D eigenvalue weighted by atomic mass is 10.1. The summed E-state index contributed by atoms with van der Waals surface area (Å²) in [5, 5.41) is 3.28. The lowest BCUT2D eigenvalue weighted by Crippen LogP contribution is -2.10. The van der Waals surface area contributed by atoms with E-state index in [1.165, 1.54) is 77.0 Å². The second kappa shape index (κ2) is 17.0. The summed E-state index contributed by atoms with van der Waals surface area (Å²) >= 11 is 0. The first-order chi connectivity index (χ1) is 8.91. The molecule has 0 atom stereocenters. The van der Waals surface area contributed by atoms with Gasteiger partial charge in [0.15, 0.2) is 0 Å². The summed E-state index contributed by atoms with van der Waals surface area (Å²) in [7, 11) is 0. The maximum atomic E-state index is 3.77. The van der Waals surface area contributed by atoms with Gasteiger partial charge in [0, 0.05) is 6.54 Å². The average Bonchev–Trinajstić information content (AvgIpc) is 2.39. The number of rotatable bonds is 15. The monoisotopic (exact) mass is 253 g/mol. The van der Waals surface area contributed by atoms with Crippen LogP contribution in [0.25, 0.3) is 0 Å². The molecule has 0 saturated carbocycles. The van der Waals surface area contributed by atoms with Crippen molar-refractivity contribution in [2.45, 2.75) is 90.4 Å². The SMILES string of the molecule is [CH2]C[CH]NCCCCCCCCCCCCCC. The van der Waals surface area contributed by atoms with Crippen LogP contribution in [0.2, 0.25) is 0 Å². The van der Waals surface area contributed by atoms with E-state index in [-0.39, 0.29) is 0 Å². The highest BCUT2D eigenvalue weighted by Crippen LogP contribution is 2.11. The van der Waals surface area contributed by atoms with E-state index >= 15 is 0 Å². The minimum absolute atomic E-state index is 0.887. The van der Waals surface area contributed by atoms with Crippen LogP contribution in [0, 0.1) is 13.5 Å². The number of hydrogen-bond acceptors (Lipinski definition) is 1. The van der Waals surface area contributed by atoms with Crippen molar-refractivity contribution in [2.24, 2.45) is 0 Å². The molecule has 1 heteroatoms. The summed E-state index contributed by atoms with van der Waals surface area (Å²) in [5.41, 5.74) is 0. The molecule has 0 aromatic heterocycles. The van der Waals surface area contributed by atoms with Gasteiger partial charge in [-0.25, -0.2) is 0 Å². The molecule has 18 heavy (non-hydrogen) atoms. The van der Waals surface area contributed by atoms with Gasteiger partial charge in [-0.1, -0.05) is 84.5 Å². The van der Waals surface area contributed by atoms with Crippen LogP contribution in [-0.4, -0.2) is 6.54 Å². The quantitative estimate of drug-likeness (QED) is 0.371. The molecule has 0 saturated heterocycles. The summed E-state index contributed by atoms with van der Waals surface area (Å²) in [5.74, 6) is 0. The maximum Gasteiger partial charge on any atom is 0.0221 e. The van der Waals surface area contributed by atoms with Gasteiger partial charge in [-0.3, -0.25) is 0 Å². The van der Waals surface area contributed by atoms with Gasteiger partial charge in [-0.2, -0.15) is 0 Å². The Bertz CT molecular complexity index is 118. The van der Waals surface area contributed by atoms with Gasteiger partial charge in [-0.05, 0) is 19.4 Å². The van der Waals surface area contributed by atoms with Gasteiger partial charge in [0.1, 0.15) is 0 Å². The highest BCUT2D eigenvalue weighted by molar-refractivity contribution is 4.62. The maximum absolute atomic E-state index is 3.77. The molecule has 1 N–H and O–H groups in total. The van der Waals surface area contributed by atoms with E-state index in [1.807, 2.05) is 0 Å². The predicted octanol–water partition coefficient (Wildman–Crippen LogP) is 5.66. The molecule has 0 rings (SSSR count). The number of unbranched alkanes of at least 4 members (excludes halogenated alkanes) is 11. The minimum Gasteiger partial charge on any atom is -0.312 e. The van der Waals surface area contributed by atoms with Crippen molar-refractivity contribution >= 4 is 0 Å². The zero-order chi connectivity index (χ0) is 13.3. The third-order valence-electron chi connectivity index (χ3n) is 3.46. The molecule has 0 aliphatic carbocycles. The fraction of sp³-hybridized carbons (Fsp3) is 0.882. The van der Waals surface area contributed by atoms with Crippen molar-refractivity contribution in [2.75, 3.05) is 6.54 Å². The molecule has 108 valence electrons. The van der Waals surface area contributed by atoms with Crippen LogP contribution in [-0.2, 0) is 0 Å². The minimum atomic E-state index is 0.887. The van der Waals surface area contributed by atoms with Crippen LogP contribution in [0.15, 0.2) is 0 Å². The van der Waals surface area contributed by atoms with Crippen LogP contribution in [0.1, 0.15) is 90.4 Å². The molecule has 2 radical (unpaired) electrons. The predicted molar refractivity (Wildman–Crippen MR) is 83.4 cm³/mol. The summed E-state index contributed by atoms with van der Waals surface area (Å²) in [6.45, 7) is 9.24. The van der Waals surface area contributed by atoms with Crippen molar-refractivity contribution in [1.29, 1.82) is 0 Å². The molecule has 0 aliphatic rings. The molecular weight excluding hydrogens is 218 g/mol. The third-order valence-corrected chi connectivity index (χ3v) is 3.46. The number of hydrogen-bond donors (Lipinski definition) is 1. The Morgan fingerprint density at radius 3 is 1.61 bits per heavy atom. The zero-order valence-corrected chi connectivity index (χ0v) is 12.7. The Labute approximate surface area is 116 Å². The molecule has 0 heterocycles. The van der Waals surface area contributed by atoms with E-state index in [0.717, 1.165) is 13.0 Å². The van der Waals surface area contributed by atoms with E-state index in [0.29, 0.717) is 0 Å². The Balaban J connectivity index is 2.86. The molecule has 0 fully saturated rings. The number of nitrogens with one attached hydrogen (secondary N) is 1. The van der Waals surface area contributed by atoms with Gasteiger partial charge in [0.25, 0.3) is 0 Å². The smallest absolute Gasteiger partial charge is 0.0221 e. The fourth-order valence-corrected chi connectivity index (χ4v) is 2.27. The zero-order valence-electron chi connectivity index (χ0n) is 12.7. The van der Waals surface area contributed by atoms with Crippen LogP contribution >= 0.6 is 0 Å². The van der Waals surface area contributed by atoms with Gasteiger partial charge in [-0.15, -0.1) is 0 Å². The Morgan fingerprint density at radius 1 is 0.722 bits per heavy atom. The first kappa shape index (κ1) is 18.0. The van der Waals surface area contributed by atoms with Crippen LogP contribution in [0.5, 0.6) is 0 Å². The molecule has 0 spiro atoms. The van der Waals surface area contributed by atoms with Crippen LogP contribution in [0.4, 0.5) is 0 Å². The second-order valence-corrected chi connectivity index (χ2v) is 5.34. The van der Waals surface area contributed by atoms with Crippen LogP contribution in [0.3, 0.4) is 0 Å². The first-order valence-electron chi connectivity index (χ1n) is 8.26. The Hall–Kier alpha value is -0.0400. The molecule has 1 nitrogen and oxygen atoms in total. The van der Waals surface area contributed by atoms with Crippen molar-refractivity contribution in [3.8, 4) is 0 Å². The van der Waals surface area contributed by atoms with E-state index in [2.05, 4.69) is 25.7 Å². The van der Waals surface area contributed by atoms with Crippen LogP contribution < -0.4 is 5.32 Å². The lowest BCUT2D eigenvalue weighted by Gasteiger charge is -2.03. The van der Waals surface area contributed by atoms with Gasteiger partial charge in [0.05, 0.1) is 0 Å². The van der Waals surface area contributed by atoms with Gasteiger partial charge < -0.3 is 5.32 Å². The normalized spacial score (nSPS) is 11.0. The Morgan fingerprint density at radius 2 is 1.17 bits per heavy atom. The Kier molecular flexibility index (Phi) is 16.9. The molecule has 0 aliphatic heterocycles. The molecule has 0 aromatic rings. The van der Waals surface area contributed by atoms with Crippen molar-refractivity contribution in [3.63, 3.8) is 0 Å². The fourth-order valence-electron chi connectivity index (χ4n) is 2.27. The molecule has 0 amide bonds. The summed E-state index contributed by atoms with van der Waals surface area (Å²) in [6, 6.07) is 0. The standard InChI is InChI=1S/C17H35N/c1-3-5-6-7-8-9-10-11-12-13-14-15-17-18-16-4-2/h16,18H,2-15,17H2,1H3. The summed E-state index contributed by atoms with van der Waals surface area (Å²) in [4.78, 5) is 0. The lowest BCUT2D eigenvalue weighted by molar-refractivity contribution is 0.540. The van der Waals surface area contributed by atoms with Crippen molar-refractivity contribution in [1.82, 2.24) is 5.32 Å². The average molecular weight is 253 g/mol. The highest BCUT2D eigenvalue weighted by atomic mass is 14.8. The molecule has 0 bridgehead atoms. The topological polar surface area (TPSA) is 12.0 Å². The molecule has 0 aromatic carbocycles. The van der Waals surface area contributed by atoms with Gasteiger partial charge in [0.2, 0.25) is 0 Å². The second-order valence-electron chi connectivity index (χ2n) is 5.34. The van der Waals surface area contributed by atoms with Gasteiger partial charge >= 0.3 is 0 Å². The molecule has 0 unspecified atom stereocenters. The first-order valence-corrected chi connectivity index (χ1v) is 8.26.